The Morgan fingerprint density at radius 2 is 2.00 bits per heavy atom. The molecule has 1 aliphatic rings. The van der Waals surface area contributed by atoms with Crippen LogP contribution in [0.25, 0.3) is 0 Å². The minimum absolute atomic E-state index is 0.420. The zero-order valence-corrected chi connectivity index (χ0v) is 9.20. The summed E-state index contributed by atoms with van der Waals surface area (Å²) in [5.74, 6) is -1.47. The topological polar surface area (TPSA) is 66.8 Å². The van der Waals surface area contributed by atoms with E-state index in [1.807, 2.05) is 0 Å². The second-order valence-electron chi connectivity index (χ2n) is 3.88. The minimum Gasteiger partial charge on any atom is -0.480 e. The Balaban J connectivity index is 2.02. The van der Waals surface area contributed by atoms with Gasteiger partial charge in [-0.2, -0.15) is 0 Å². The largest absolute Gasteiger partial charge is 0.480 e. The van der Waals surface area contributed by atoms with Crippen LogP contribution in [-0.4, -0.2) is 34.7 Å². The van der Waals surface area contributed by atoms with E-state index < -0.39 is 18.0 Å². The van der Waals surface area contributed by atoms with Gasteiger partial charge in [0, 0.05) is 6.54 Å². The summed E-state index contributed by atoms with van der Waals surface area (Å²) in [5, 5.41) is 10.2. The van der Waals surface area contributed by atoms with E-state index in [1.54, 1.807) is 30.3 Å². The molecular weight excluding hydrogens is 222 g/mol. The molecule has 5 nitrogen and oxygen atoms in total. The lowest BCUT2D eigenvalue weighted by Crippen LogP contribution is -2.37. The summed E-state index contributed by atoms with van der Waals surface area (Å²) in [5.41, 5.74) is 0.420. The Hall–Kier alpha value is -1.88. The molecule has 1 atom stereocenters. The first-order chi connectivity index (χ1) is 8.18. The molecule has 2 rings (SSSR count). The average molecular weight is 235 g/mol. The molecule has 0 radical (unpaired) electrons. The molecule has 1 aromatic carbocycles. The van der Waals surface area contributed by atoms with Crippen LogP contribution >= 0.6 is 0 Å². The van der Waals surface area contributed by atoms with Crippen molar-refractivity contribution in [3.8, 4) is 0 Å². The first-order valence-electron chi connectivity index (χ1n) is 5.45. The number of aliphatic carboxylic acids is 1. The van der Waals surface area contributed by atoms with Crippen LogP contribution in [0.4, 0.5) is 0 Å². The number of carboxylic acid groups (broad SMARTS) is 1. The van der Waals surface area contributed by atoms with Crippen LogP contribution < -0.4 is 0 Å². The molecule has 0 aliphatic carbocycles. The monoisotopic (exact) mass is 235 g/mol. The summed E-state index contributed by atoms with van der Waals surface area (Å²) >= 11 is 0. The molecule has 0 aromatic heterocycles. The highest BCUT2D eigenvalue weighted by Gasteiger charge is 2.33. The van der Waals surface area contributed by atoms with E-state index in [4.69, 9.17) is 9.94 Å². The van der Waals surface area contributed by atoms with Gasteiger partial charge in [-0.1, -0.05) is 18.2 Å². The van der Waals surface area contributed by atoms with Gasteiger partial charge in [0.25, 0.3) is 0 Å². The first kappa shape index (κ1) is 11.6. The molecule has 0 bridgehead atoms. The van der Waals surface area contributed by atoms with Gasteiger partial charge >= 0.3 is 11.9 Å². The van der Waals surface area contributed by atoms with Crippen molar-refractivity contribution in [3.63, 3.8) is 0 Å². The summed E-state index contributed by atoms with van der Waals surface area (Å²) < 4.78 is 0. The molecular formula is C12H13NO4. The number of carbonyl (C=O) groups excluding carboxylic acids is 1. The van der Waals surface area contributed by atoms with Crippen LogP contribution in [-0.2, 0) is 9.63 Å². The molecule has 1 aliphatic heterocycles. The van der Waals surface area contributed by atoms with Crippen molar-refractivity contribution in [2.75, 3.05) is 6.54 Å². The van der Waals surface area contributed by atoms with E-state index >= 15 is 0 Å². The van der Waals surface area contributed by atoms with Crippen LogP contribution in [0.15, 0.2) is 30.3 Å². The molecule has 1 heterocycles. The van der Waals surface area contributed by atoms with Gasteiger partial charge in [-0.25, -0.2) is 4.79 Å². The van der Waals surface area contributed by atoms with Crippen molar-refractivity contribution in [2.24, 2.45) is 0 Å². The van der Waals surface area contributed by atoms with Gasteiger partial charge in [0.1, 0.15) is 6.04 Å². The molecule has 1 N–H and O–H groups in total. The van der Waals surface area contributed by atoms with Crippen molar-refractivity contribution in [3.05, 3.63) is 35.9 Å². The molecule has 5 heteroatoms. The second kappa shape index (κ2) is 4.97. The third-order valence-corrected chi connectivity index (χ3v) is 2.70. The Kier molecular flexibility index (Phi) is 3.39. The van der Waals surface area contributed by atoms with E-state index in [2.05, 4.69) is 0 Å². The highest BCUT2D eigenvalue weighted by Crippen LogP contribution is 2.18. The average Bonchev–Trinajstić information content (AvgIpc) is 2.78. The molecule has 1 saturated heterocycles. The molecule has 0 spiro atoms. The highest BCUT2D eigenvalue weighted by molar-refractivity contribution is 5.89. The second-order valence-corrected chi connectivity index (χ2v) is 3.88. The van der Waals surface area contributed by atoms with Crippen LogP contribution in [0.3, 0.4) is 0 Å². The third kappa shape index (κ3) is 2.62. The van der Waals surface area contributed by atoms with E-state index in [1.165, 1.54) is 5.06 Å². The van der Waals surface area contributed by atoms with Gasteiger partial charge in [0.15, 0.2) is 0 Å². The fraction of sp³-hybridized carbons (Fsp3) is 0.333. The maximum atomic E-state index is 11.7. The zero-order chi connectivity index (χ0) is 12.3. The summed E-state index contributed by atoms with van der Waals surface area (Å²) in [6, 6.07) is 7.81. The molecule has 1 aromatic rings. The van der Waals surface area contributed by atoms with E-state index in [-0.39, 0.29) is 0 Å². The first-order valence-corrected chi connectivity index (χ1v) is 5.45. The number of hydroxylamine groups is 2. The third-order valence-electron chi connectivity index (χ3n) is 2.70. The number of rotatable bonds is 3. The lowest BCUT2D eigenvalue weighted by Gasteiger charge is -2.19. The van der Waals surface area contributed by atoms with Gasteiger partial charge < -0.3 is 9.94 Å². The van der Waals surface area contributed by atoms with Gasteiger partial charge in [-0.15, -0.1) is 5.06 Å². The molecule has 0 saturated carbocycles. The number of hydrogen-bond acceptors (Lipinski definition) is 4. The lowest BCUT2D eigenvalue weighted by molar-refractivity contribution is -0.162. The fourth-order valence-corrected chi connectivity index (χ4v) is 1.83. The Morgan fingerprint density at radius 3 is 2.65 bits per heavy atom. The van der Waals surface area contributed by atoms with Gasteiger partial charge in [0.05, 0.1) is 5.56 Å². The fourth-order valence-electron chi connectivity index (χ4n) is 1.83. The predicted octanol–water partition coefficient (Wildman–Crippen LogP) is 1.31. The van der Waals surface area contributed by atoms with E-state index in [9.17, 15) is 9.59 Å². The molecule has 90 valence electrons. The molecule has 0 unspecified atom stereocenters. The maximum absolute atomic E-state index is 11.7. The van der Waals surface area contributed by atoms with E-state index in [0.717, 1.165) is 6.42 Å². The summed E-state index contributed by atoms with van der Waals surface area (Å²) in [4.78, 5) is 27.7. The van der Waals surface area contributed by atoms with Gasteiger partial charge in [0.2, 0.25) is 0 Å². The number of benzene rings is 1. The van der Waals surface area contributed by atoms with Gasteiger partial charge in [-0.05, 0) is 25.0 Å². The normalized spacial score (nSPS) is 20.1. The zero-order valence-electron chi connectivity index (χ0n) is 9.20. The van der Waals surface area contributed by atoms with Crippen molar-refractivity contribution in [1.82, 2.24) is 5.06 Å². The number of carboxylic acids is 1. The number of hydrogen-bond donors (Lipinski definition) is 1. The maximum Gasteiger partial charge on any atom is 0.357 e. The molecule has 1 fully saturated rings. The summed E-state index contributed by atoms with van der Waals surface area (Å²) in [6.45, 7) is 0.468. The highest BCUT2D eigenvalue weighted by atomic mass is 16.7. The smallest absolute Gasteiger partial charge is 0.357 e. The molecule has 0 amide bonds. The molecule has 17 heavy (non-hydrogen) atoms. The van der Waals surface area contributed by atoms with Crippen molar-refractivity contribution >= 4 is 11.9 Å². The van der Waals surface area contributed by atoms with Crippen LogP contribution in [0.1, 0.15) is 23.2 Å². The lowest BCUT2D eigenvalue weighted by atomic mass is 10.2. The Morgan fingerprint density at radius 1 is 1.29 bits per heavy atom. The van der Waals surface area contributed by atoms with Crippen molar-refractivity contribution < 1.29 is 19.5 Å². The Bertz CT molecular complexity index is 418. The Labute approximate surface area is 98.6 Å². The standard InChI is InChI=1S/C12H13NO4/c14-11(15)10-7-4-8-13(10)17-12(16)9-5-2-1-3-6-9/h1-3,5-6,10H,4,7-8H2,(H,14,15)/t10-/m0/s1. The predicted molar refractivity (Wildman–Crippen MR) is 59.2 cm³/mol. The summed E-state index contributed by atoms with van der Waals surface area (Å²) in [6.07, 6.45) is 1.23. The quantitative estimate of drug-likeness (QED) is 0.855. The van der Waals surface area contributed by atoms with Crippen molar-refractivity contribution in [1.29, 1.82) is 0 Å². The minimum atomic E-state index is -0.955. The van der Waals surface area contributed by atoms with Crippen molar-refractivity contribution in [2.45, 2.75) is 18.9 Å². The summed E-state index contributed by atoms with van der Waals surface area (Å²) in [7, 11) is 0. The van der Waals surface area contributed by atoms with Crippen LogP contribution in [0, 0.1) is 0 Å². The SMILES string of the molecule is O=C(ON1CCC[C@H]1C(=O)O)c1ccccc1. The number of carbonyl (C=O) groups is 2. The van der Waals surface area contributed by atoms with Gasteiger partial charge in [-0.3, -0.25) is 4.79 Å². The van der Waals surface area contributed by atoms with E-state index in [0.29, 0.717) is 18.5 Å². The van der Waals surface area contributed by atoms with Crippen LogP contribution in [0.5, 0.6) is 0 Å². The van der Waals surface area contributed by atoms with Crippen LogP contribution in [0.2, 0.25) is 0 Å². The number of nitrogens with zero attached hydrogens (tertiary/aromatic N) is 1.